The lowest BCUT2D eigenvalue weighted by atomic mass is 9.82. The summed E-state index contributed by atoms with van der Waals surface area (Å²) in [6.07, 6.45) is 4.99. The Labute approximate surface area is 388 Å². The Hall–Kier alpha value is -3.44. The molecule has 2 saturated heterocycles. The fraction of sp³-hybridized carbons (Fsp3) is 0.667. The van der Waals surface area contributed by atoms with Crippen LogP contribution in [0.5, 0.6) is 0 Å². The number of aliphatic hydroxyl groups is 10. The first-order valence-electron chi connectivity index (χ1n) is 22.8. The van der Waals surface area contributed by atoms with Gasteiger partial charge in [-0.05, 0) is 33.1 Å². The Balaban J connectivity index is 1.88. The molecule has 0 aliphatic carbocycles. The molecule has 19 atom stereocenters. The van der Waals surface area contributed by atoms with E-state index in [0.29, 0.717) is 0 Å². The quantitative estimate of drug-likeness (QED) is 0.170. The molecule has 3 aliphatic rings. The number of nitrogens with one attached hydrogen (secondary N) is 1. The monoisotopic (exact) mass is 937 g/mol. The van der Waals surface area contributed by atoms with Crippen molar-refractivity contribution in [2.24, 2.45) is 23.5 Å². The fourth-order valence-electron chi connectivity index (χ4n) is 8.16. The van der Waals surface area contributed by atoms with E-state index in [1.807, 2.05) is 43.4 Å². The average molecular weight is 937 g/mol. The van der Waals surface area contributed by atoms with Crippen LogP contribution in [0.25, 0.3) is 0 Å². The van der Waals surface area contributed by atoms with E-state index in [-0.39, 0.29) is 31.6 Å². The summed E-state index contributed by atoms with van der Waals surface area (Å²) in [5.74, 6) is -5.54. The van der Waals surface area contributed by atoms with E-state index in [1.165, 1.54) is 7.05 Å². The summed E-state index contributed by atoms with van der Waals surface area (Å²) in [6, 6.07) is -1.12. The molecular formula is C48H76N2O16. The van der Waals surface area contributed by atoms with Crippen molar-refractivity contribution >= 4 is 11.9 Å². The van der Waals surface area contributed by atoms with E-state index in [0.717, 1.165) is 0 Å². The molecule has 3 aliphatic heterocycles. The Kier molecular flexibility index (Phi) is 24.3. The molecule has 0 aromatic rings. The minimum atomic E-state index is -2.24. The molecule has 2 bridgehead atoms. The van der Waals surface area contributed by atoms with Gasteiger partial charge >= 0.3 is 5.97 Å². The van der Waals surface area contributed by atoms with E-state index in [9.17, 15) is 60.7 Å². The number of carbonyl (C=O) groups is 2. The van der Waals surface area contributed by atoms with Crippen molar-refractivity contribution in [2.45, 2.75) is 177 Å². The zero-order valence-corrected chi connectivity index (χ0v) is 38.6. The molecule has 1 amide bonds. The van der Waals surface area contributed by atoms with Crippen LogP contribution >= 0.6 is 0 Å². The van der Waals surface area contributed by atoms with Gasteiger partial charge in [0.05, 0.1) is 85.5 Å². The molecule has 0 saturated carbocycles. The van der Waals surface area contributed by atoms with Crippen LogP contribution in [0.1, 0.15) is 79.1 Å². The van der Waals surface area contributed by atoms with Crippen molar-refractivity contribution < 1.29 is 79.6 Å². The maximum absolute atomic E-state index is 13.2. The van der Waals surface area contributed by atoms with Gasteiger partial charge in [-0.25, -0.2) is 0 Å². The molecule has 0 unspecified atom stereocenters. The Bertz CT molecular complexity index is 1690. The molecule has 0 aromatic heterocycles. The first-order valence-corrected chi connectivity index (χ1v) is 22.8. The van der Waals surface area contributed by atoms with Crippen LogP contribution in [0, 0.1) is 17.8 Å². The van der Waals surface area contributed by atoms with Gasteiger partial charge in [0.25, 0.3) is 0 Å². The largest absolute Gasteiger partial charge is 0.462 e. The zero-order chi connectivity index (χ0) is 49.1. The minimum absolute atomic E-state index is 0.0890. The summed E-state index contributed by atoms with van der Waals surface area (Å²) in [4.78, 5) is 25.8. The molecule has 18 nitrogen and oxygen atoms in total. The van der Waals surface area contributed by atoms with Crippen molar-refractivity contribution in [1.82, 2.24) is 5.32 Å². The molecule has 2 fully saturated rings. The van der Waals surface area contributed by atoms with Crippen molar-refractivity contribution in [3.63, 3.8) is 0 Å². The van der Waals surface area contributed by atoms with E-state index < -0.39 is 147 Å². The van der Waals surface area contributed by atoms with E-state index in [1.54, 1.807) is 69.4 Å². The second-order valence-electron chi connectivity index (χ2n) is 17.8. The number of allylic oxidation sites excluding steroid dienone is 12. The first-order chi connectivity index (χ1) is 31.2. The van der Waals surface area contributed by atoms with Crippen LogP contribution in [0.15, 0.2) is 85.1 Å². The SMILES string of the molecule is CNC(=O)[C@H]1[C@@H]2C[C@@H](O[C@@H]3O[C@H](C)[C@@H](O)[C@H](N)[C@@H]3O)/C=C/C=C/C=C/C=C/C=C/C=C/C=C\[C@H](C)[C@@H](O)[C@@H](C)[C@H](C)OC(=O)C[C@H](O)C[C@H](O)CC[C@@H](O)[C@H](O)C[C@H](O)C[C@](O)(C[C@@H]1O)O2. The number of hydrogen-bond donors (Lipinski definition) is 12. The number of nitrogens with two attached hydrogens (primary N) is 1. The molecule has 0 spiro atoms. The maximum atomic E-state index is 13.2. The number of amides is 1. The van der Waals surface area contributed by atoms with Crippen LogP contribution in [0.2, 0.25) is 0 Å². The number of carbonyl (C=O) groups excluding carboxylic acids is 2. The van der Waals surface area contributed by atoms with Crippen LogP contribution in [0.3, 0.4) is 0 Å². The third-order valence-electron chi connectivity index (χ3n) is 12.3. The molecule has 0 aromatic carbocycles. The van der Waals surface area contributed by atoms with Gasteiger partial charge in [-0.2, -0.15) is 0 Å². The number of fused-ring (bicyclic) bond motifs is 2. The summed E-state index contributed by atoms with van der Waals surface area (Å²) < 4.78 is 23.5. The molecule has 66 heavy (non-hydrogen) atoms. The zero-order valence-electron chi connectivity index (χ0n) is 38.6. The van der Waals surface area contributed by atoms with Crippen molar-refractivity contribution in [3.05, 3.63) is 85.1 Å². The predicted octanol–water partition coefficient (Wildman–Crippen LogP) is 0.373. The van der Waals surface area contributed by atoms with Gasteiger partial charge < -0.3 is 81.1 Å². The van der Waals surface area contributed by atoms with Crippen LogP contribution in [0.4, 0.5) is 0 Å². The third kappa shape index (κ3) is 18.6. The lowest BCUT2D eigenvalue weighted by molar-refractivity contribution is -0.307. The second kappa shape index (κ2) is 28.1. The smallest absolute Gasteiger partial charge is 0.308 e. The Morgan fingerprint density at radius 1 is 0.682 bits per heavy atom. The van der Waals surface area contributed by atoms with Gasteiger partial charge in [-0.3, -0.25) is 9.59 Å². The molecule has 0 radical (unpaired) electrons. The first kappa shape index (κ1) is 56.9. The van der Waals surface area contributed by atoms with Gasteiger partial charge in [0, 0.05) is 44.6 Å². The van der Waals surface area contributed by atoms with Crippen LogP contribution < -0.4 is 11.1 Å². The average Bonchev–Trinajstić information content (AvgIpc) is 3.24. The molecular weight excluding hydrogens is 861 g/mol. The topological polar surface area (TPSA) is 311 Å². The molecule has 3 heterocycles. The van der Waals surface area contributed by atoms with Crippen molar-refractivity contribution in [3.8, 4) is 0 Å². The summed E-state index contributed by atoms with van der Waals surface area (Å²) in [7, 11) is 1.37. The Morgan fingerprint density at radius 2 is 1.26 bits per heavy atom. The highest BCUT2D eigenvalue weighted by molar-refractivity contribution is 5.79. The normalized spacial score (nSPS) is 44.9. The lowest BCUT2D eigenvalue weighted by Crippen LogP contribution is -2.62. The van der Waals surface area contributed by atoms with Gasteiger partial charge in [0.2, 0.25) is 5.91 Å². The summed E-state index contributed by atoms with van der Waals surface area (Å²) in [5, 5.41) is 111. The molecule has 3 rings (SSSR count). The second-order valence-corrected chi connectivity index (χ2v) is 17.8. The van der Waals surface area contributed by atoms with E-state index >= 15 is 0 Å². The number of hydrogen-bond acceptors (Lipinski definition) is 17. The van der Waals surface area contributed by atoms with Crippen LogP contribution in [-0.2, 0) is 28.5 Å². The highest BCUT2D eigenvalue weighted by atomic mass is 16.7. The van der Waals surface area contributed by atoms with Gasteiger partial charge in [0.1, 0.15) is 12.2 Å². The van der Waals surface area contributed by atoms with E-state index in [2.05, 4.69) is 5.32 Å². The van der Waals surface area contributed by atoms with E-state index in [4.69, 9.17) is 24.7 Å². The fourth-order valence-corrected chi connectivity index (χ4v) is 8.16. The highest BCUT2D eigenvalue weighted by Crippen LogP contribution is 2.38. The molecule has 13 N–H and O–H groups in total. The van der Waals surface area contributed by atoms with Crippen molar-refractivity contribution in [1.29, 1.82) is 0 Å². The summed E-state index contributed by atoms with van der Waals surface area (Å²) in [6.45, 7) is 6.79. The van der Waals surface area contributed by atoms with Gasteiger partial charge in [-0.15, -0.1) is 0 Å². The van der Waals surface area contributed by atoms with Crippen LogP contribution in [-0.4, -0.2) is 167 Å². The molecule has 374 valence electrons. The number of cyclic esters (lactones) is 1. The maximum Gasteiger partial charge on any atom is 0.308 e. The lowest BCUT2D eigenvalue weighted by Gasteiger charge is -2.46. The number of ether oxygens (including phenoxy) is 4. The minimum Gasteiger partial charge on any atom is -0.462 e. The highest BCUT2D eigenvalue weighted by Gasteiger charge is 2.50. The summed E-state index contributed by atoms with van der Waals surface area (Å²) in [5.41, 5.74) is 6.06. The van der Waals surface area contributed by atoms with Gasteiger partial charge in [-0.1, -0.05) is 98.9 Å². The Morgan fingerprint density at radius 3 is 1.85 bits per heavy atom. The summed E-state index contributed by atoms with van der Waals surface area (Å²) >= 11 is 0. The molecule has 18 heteroatoms. The number of rotatable bonds is 3. The standard InChI is InChI=1S/C48H76N2O16/c1-28-18-16-14-12-10-8-6-7-9-11-13-15-17-19-35(65-47-45(60)42(49)44(59)31(4)64-47)25-39-41(46(61)50-5)38(56)27-48(62,66-39)26-34(53)23-37(55)36(54)21-20-32(51)22-33(52)24-40(57)63-30(3)29(2)43(28)58/h6-19,28-39,41-45,47,51-56,58-60,62H,20-27,49H2,1-5H3,(H,50,61)/b7-6+,10-8+,11-9+,14-12+,15-13+,18-16-,19-17+/t28-,29-,30-,31+,32+,33+,34-,35-,36+,37+,38-,39-,41+,42-,43+,44+,45-,47-,48+/m0/s1. The number of esters is 1. The number of aliphatic hydroxyl groups excluding tert-OH is 9. The predicted molar refractivity (Wildman–Crippen MR) is 243 cm³/mol. The van der Waals surface area contributed by atoms with Gasteiger partial charge in [0.15, 0.2) is 12.1 Å². The third-order valence-corrected chi connectivity index (χ3v) is 12.3. The van der Waals surface area contributed by atoms with Crippen molar-refractivity contribution in [2.75, 3.05) is 7.05 Å².